The summed E-state index contributed by atoms with van der Waals surface area (Å²) in [5.41, 5.74) is 0.456. The minimum absolute atomic E-state index is 0.227. The number of carboxylic acid groups (broad SMARTS) is 1. The van der Waals surface area contributed by atoms with Gasteiger partial charge in [0.2, 0.25) is 5.91 Å². The molecule has 1 heterocycles. The van der Waals surface area contributed by atoms with Gasteiger partial charge in [-0.1, -0.05) is 35.3 Å². The first-order chi connectivity index (χ1) is 8.93. The van der Waals surface area contributed by atoms with Crippen LogP contribution in [0.1, 0.15) is 11.6 Å². The fourth-order valence-electron chi connectivity index (χ4n) is 2.04. The van der Waals surface area contributed by atoms with E-state index in [0.717, 1.165) is 0 Å². The van der Waals surface area contributed by atoms with E-state index in [0.29, 0.717) is 10.6 Å². The predicted molar refractivity (Wildman–Crippen MR) is 69.3 cm³/mol. The molecule has 1 N–H and O–H groups in total. The first-order valence-corrected chi connectivity index (χ1v) is 6.23. The molecular weight excluding hydrogens is 293 g/mol. The Morgan fingerprint density at radius 1 is 1.47 bits per heavy atom. The fraction of sp³-hybridized carbons (Fsp3) is 0.333. The van der Waals surface area contributed by atoms with Gasteiger partial charge >= 0.3 is 5.97 Å². The second-order valence-electron chi connectivity index (χ2n) is 4.16. The van der Waals surface area contributed by atoms with E-state index in [1.54, 1.807) is 18.2 Å². The fourth-order valence-corrected chi connectivity index (χ4v) is 2.46. The van der Waals surface area contributed by atoms with Crippen LogP contribution in [0.5, 0.6) is 0 Å². The first kappa shape index (κ1) is 14.1. The highest BCUT2D eigenvalue weighted by atomic mass is 35.5. The summed E-state index contributed by atoms with van der Waals surface area (Å²) in [5, 5.41) is 9.72. The molecule has 0 radical (unpaired) electrons. The summed E-state index contributed by atoms with van der Waals surface area (Å²) in [6.07, 6.45) is -1.17. The Labute approximate surface area is 119 Å². The molecule has 5 nitrogen and oxygen atoms in total. The van der Waals surface area contributed by atoms with Crippen molar-refractivity contribution in [2.75, 3.05) is 13.7 Å². The molecule has 1 saturated heterocycles. The number of carboxylic acids is 1. The van der Waals surface area contributed by atoms with E-state index in [4.69, 9.17) is 27.9 Å². The van der Waals surface area contributed by atoms with Crippen LogP contribution in [0.25, 0.3) is 0 Å². The van der Waals surface area contributed by atoms with E-state index in [-0.39, 0.29) is 17.5 Å². The normalized spacial score (nSPS) is 23.5. The van der Waals surface area contributed by atoms with Crippen LogP contribution in [0.2, 0.25) is 10.0 Å². The number of benzene rings is 1. The van der Waals surface area contributed by atoms with Gasteiger partial charge in [-0.3, -0.25) is 4.79 Å². The van der Waals surface area contributed by atoms with Crippen LogP contribution >= 0.6 is 23.2 Å². The van der Waals surface area contributed by atoms with Crippen molar-refractivity contribution in [3.05, 3.63) is 33.8 Å². The van der Waals surface area contributed by atoms with Gasteiger partial charge in [0.25, 0.3) is 0 Å². The SMILES string of the molecule is CN1C(=O)COC(C(=O)O)C1c1cccc(Cl)c1Cl. The number of hydrogen-bond acceptors (Lipinski definition) is 3. The minimum atomic E-state index is -1.17. The Kier molecular flexibility index (Phi) is 3.99. The van der Waals surface area contributed by atoms with Crippen molar-refractivity contribution < 1.29 is 19.4 Å². The average molecular weight is 304 g/mol. The summed E-state index contributed by atoms with van der Waals surface area (Å²) in [6, 6.07) is 4.07. The zero-order chi connectivity index (χ0) is 14.2. The third-order valence-electron chi connectivity index (χ3n) is 3.03. The van der Waals surface area contributed by atoms with E-state index in [1.807, 2.05) is 0 Å². The molecule has 0 bridgehead atoms. The van der Waals surface area contributed by atoms with Gasteiger partial charge in [0, 0.05) is 7.05 Å². The molecule has 2 unspecified atom stereocenters. The summed E-state index contributed by atoms with van der Waals surface area (Å²) in [6.45, 7) is -0.262. The number of halogens is 2. The van der Waals surface area contributed by atoms with Crippen molar-refractivity contribution in [3.8, 4) is 0 Å². The second-order valence-corrected chi connectivity index (χ2v) is 4.95. The molecule has 2 rings (SSSR count). The number of aliphatic carboxylic acids is 1. The summed E-state index contributed by atoms with van der Waals surface area (Å²) in [4.78, 5) is 24.2. The van der Waals surface area contributed by atoms with Gasteiger partial charge in [0.05, 0.1) is 16.1 Å². The maximum atomic E-state index is 11.7. The number of hydrogen-bond donors (Lipinski definition) is 1. The Bertz CT molecular complexity index is 534. The molecule has 1 amide bonds. The molecule has 0 spiro atoms. The second kappa shape index (κ2) is 5.36. The smallest absolute Gasteiger partial charge is 0.335 e. The van der Waals surface area contributed by atoms with E-state index in [1.165, 1.54) is 11.9 Å². The monoisotopic (exact) mass is 303 g/mol. The van der Waals surface area contributed by atoms with Crippen molar-refractivity contribution in [2.24, 2.45) is 0 Å². The molecule has 19 heavy (non-hydrogen) atoms. The largest absolute Gasteiger partial charge is 0.479 e. The van der Waals surface area contributed by atoms with Gasteiger partial charge in [-0.15, -0.1) is 0 Å². The Morgan fingerprint density at radius 3 is 2.79 bits per heavy atom. The van der Waals surface area contributed by atoms with Crippen LogP contribution < -0.4 is 0 Å². The highest BCUT2D eigenvalue weighted by Crippen LogP contribution is 2.36. The van der Waals surface area contributed by atoms with Crippen LogP contribution in [-0.2, 0) is 14.3 Å². The van der Waals surface area contributed by atoms with Gasteiger partial charge in [-0.2, -0.15) is 0 Å². The minimum Gasteiger partial charge on any atom is -0.479 e. The molecule has 1 fully saturated rings. The number of morpholine rings is 1. The summed E-state index contributed by atoms with van der Waals surface area (Å²) < 4.78 is 5.09. The lowest BCUT2D eigenvalue weighted by Crippen LogP contribution is -2.50. The number of carbonyl (C=O) groups excluding carboxylic acids is 1. The Balaban J connectivity index is 2.50. The van der Waals surface area contributed by atoms with Crippen LogP contribution in [0, 0.1) is 0 Å². The van der Waals surface area contributed by atoms with Gasteiger partial charge in [0.1, 0.15) is 6.61 Å². The molecule has 102 valence electrons. The maximum absolute atomic E-state index is 11.7. The van der Waals surface area contributed by atoms with Crippen molar-refractivity contribution >= 4 is 35.1 Å². The van der Waals surface area contributed by atoms with Crippen LogP contribution in [-0.4, -0.2) is 41.6 Å². The zero-order valence-corrected chi connectivity index (χ0v) is 11.5. The maximum Gasteiger partial charge on any atom is 0.335 e. The molecule has 1 aromatic carbocycles. The lowest BCUT2D eigenvalue weighted by atomic mass is 9.98. The molecule has 1 aliphatic heterocycles. The molecule has 7 heteroatoms. The van der Waals surface area contributed by atoms with Crippen molar-refractivity contribution in [1.82, 2.24) is 4.90 Å². The predicted octanol–water partition coefficient (Wildman–Crippen LogP) is 1.98. The quantitative estimate of drug-likeness (QED) is 0.907. The van der Waals surface area contributed by atoms with Gasteiger partial charge in [0.15, 0.2) is 6.10 Å². The van der Waals surface area contributed by atoms with Crippen LogP contribution in [0.3, 0.4) is 0 Å². The van der Waals surface area contributed by atoms with E-state index < -0.39 is 18.1 Å². The number of amides is 1. The molecule has 0 saturated carbocycles. The summed E-state index contributed by atoms with van der Waals surface area (Å²) in [7, 11) is 1.52. The molecular formula is C12H11Cl2NO4. The molecule has 0 aliphatic carbocycles. The van der Waals surface area contributed by atoms with Crippen molar-refractivity contribution in [3.63, 3.8) is 0 Å². The number of carbonyl (C=O) groups is 2. The molecule has 1 aromatic rings. The van der Waals surface area contributed by atoms with E-state index >= 15 is 0 Å². The van der Waals surface area contributed by atoms with Crippen molar-refractivity contribution in [2.45, 2.75) is 12.1 Å². The van der Waals surface area contributed by atoms with E-state index in [9.17, 15) is 14.7 Å². The number of rotatable bonds is 2. The molecule has 2 atom stereocenters. The topological polar surface area (TPSA) is 66.8 Å². The first-order valence-electron chi connectivity index (χ1n) is 5.47. The van der Waals surface area contributed by atoms with E-state index in [2.05, 4.69) is 0 Å². The third-order valence-corrected chi connectivity index (χ3v) is 3.86. The van der Waals surface area contributed by atoms with Gasteiger partial charge < -0.3 is 14.7 Å². The van der Waals surface area contributed by atoms with Gasteiger partial charge in [-0.25, -0.2) is 4.79 Å². The average Bonchev–Trinajstić information content (AvgIpc) is 2.36. The Morgan fingerprint density at radius 2 is 2.16 bits per heavy atom. The lowest BCUT2D eigenvalue weighted by Gasteiger charge is -2.37. The number of ether oxygens (including phenoxy) is 1. The number of nitrogens with zero attached hydrogens (tertiary/aromatic N) is 1. The van der Waals surface area contributed by atoms with Gasteiger partial charge in [-0.05, 0) is 11.6 Å². The zero-order valence-electron chi connectivity index (χ0n) is 9.97. The number of likely N-dealkylation sites (N-methyl/N-ethyl adjacent to an activating group) is 1. The lowest BCUT2D eigenvalue weighted by molar-refractivity contribution is -0.171. The summed E-state index contributed by atoms with van der Waals surface area (Å²) >= 11 is 12.0. The summed E-state index contributed by atoms with van der Waals surface area (Å²) in [5.74, 6) is -1.46. The highest BCUT2D eigenvalue weighted by Gasteiger charge is 2.41. The molecule has 1 aliphatic rings. The van der Waals surface area contributed by atoms with Crippen molar-refractivity contribution in [1.29, 1.82) is 0 Å². The van der Waals surface area contributed by atoms with Crippen LogP contribution in [0.15, 0.2) is 18.2 Å². The Hall–Kier alpha value is -1.30. The van der Waals surface area contributed by atoms with Crippen LogP contribution in [0.4, 0.5) is 0 Å². The third kappa shape index (κ3) is 2.54. The molecule has 0 aromatic heterocycles. The standard InChI is InChI=1S/C12H11Cl2NO4/c1-15-8(16)5-19-11(12(17)18)10(15)6-3-2-4-7(13)9(6)14/h2-4,10-11H,5H2,1H3,(H,17,18). The highest BCUT2D eigenvalue weighted by molar-refractivity contribution is 6.42.